The molecule has 0 saturated heterocycles. The lowest BCUT2D eigenvalue weighted by Gasteiger charge is -2.09. The number of thiophene rings is 2. The highest BCUT2D eigenvalue weighted by atomic mass is 32.1. The van der Waals surface area contributed by atoms with E-state index in [-0.39, 0.29) is 0 Å². The molecule has 0 fully saturated rings. The van der Waals surface area contributed by atoms with Crippen LogP contribution in [0, 0.1) is 0 Å². The summed E-state index contributed by atoms with van der Waals surface area (Å²) < 4.78 is 2.74. The lowest BCUT2D eigenvalue weighted by Crippen LogP contribution is -1.88. The number of hydrogen-bond acceptors (Lipinski definition) is 2. The van der Waals surface area contributed by atoms with Crippen molar-refractivity contribution in [3.8, 4) is 22.3 Å². The fraction of sp³-hybridized carbons (Fsp3) is 0. The van der Waals surface area contributed by atoms with E-state index in [4.69, 9.17) is 0 Å². The van der Waals surface area contributed by atoms with E-state index in [1.165, 1.54) is 74.5 Å². The Morgan fingerprint density at radius 3 is 1.22 bits per heavy atom. The molecule has 6 aromatic rings. The first-order valence-corrected chi connectivity index (χ1v) is 12.5. The van der Waals surface area contributed by atoms with Crippen LogP contribution < -0.4 is 0 Å². The van der Waals surface area contributed by atoms with Gasteiger partial charge in [0.2, 0.25) is 0 Å². The van der Waals surface area contributed by atoms with Crippen LogP contribution in [0.1, 0.15) is 20.9 Å². The molecular formula is C30H16S2. The van der Waals surface area contributed by atoms with Gasteiger partial charge in [0, 0.05) is 52.2 Å². The van der Waals surface area contributed by atoms with Crippen molar-refractivity contribution in [2.45, 2.75) is 0 Å². The Balaban J connectivity index is 1.60. The van der Waals surface area contributed by atoms with Crippen molar-refractivity contribution in [2.75, 3.05) is 0 Å². The van der Waals surface area contributed by atoms with Crippen molar-refractivity contribution in [2.24, 2.45) is 0 Å². The first-order chi connectivity index (χ1) is 15.9. The molecule has 4 aromatic carbocycles. The van der Waals surface area contributed by atoms with E-state index in [1.807, 2.05) is 22.7 Å². The molecule has 0 aliphatic heterocycles. The Morgan fingerprint density at radius 1 is 0.375 bits per heavy atom. The van der Waals surface area contributed by atoms with Gasteiger partial charge >= 0.3 is 0 Å². The summed E-state index contributed by atoms with van der Waals surface area (Å²) in [4.78, 5) is 2.84. The predicted molar refractivity (Wildman–Crippen MR) is 140 cm³/mol. The molecule has 2 heteroatoms. The van der Waals surface area contributed by atoms with E-state index >= 15 is 0 Å². The maximum atomic E-state index is 2.31. The highest BCUT2D eigenvalue weighted by molar-refractivity contribution is 7.22. The second-order valence-electron chi connectivity index (χ2n) is 8.45. The van der Waals surface area contributed by atoms with E-state index in [2.05, 4.69) is 97.1 Å². The van der Waals surface area contributed by atoms with Crippen LogP contribution >= 0.6 is 22.7 Å². The first-order valence-electron chi connectivity index (χ1n) is 10.9. The van der Waals surface area contributed by atoms with Crippen LogP contribution in [-0.2, 0) is 0 Å². The van der Waals surface area contributed by atoms with Crippen molar-refractivity contribution in [1.29, 1.82) is 0 Å². The Kier molecular flexibility index (Phi) is 3.25. The van der Waals surface area contributed by atoms with Gasteiger partial charge in [0.25, 0.3) is 0 Å². The second-order valence-corrected chi connectivity index (χ2v) is 10.6. The van der Waals surface area contributed by atoms with Crippen LogP contribution in [-0.4, -0.2) is 0 Å². The summed E-state index contributed by atoms with van der Waals surface area (Å²) in [6.45, 7) is 0. The smallest absolute Gasteiger partial charge is 0.0447 e. The molecule has 0 nitrogen and oxygen atoms in total. The van der Waals surface area contributed by atoms with Gasteiger partial charge in [0.15, 0.2) is 0 Å². The maximum Gasteiger partial charge on any atom is 0.0447 e. The van der Waals surface area contributed by atoms with Crippen LogP contribution in [0.4, 0.5) is 0 Å². The molecule has 0 spiro atoms. The van der Waals surface area contributed by atoms with Crippen molar-refractivity contribution >= 4 is 54.0 Å². The number of benzene rings is 4. The molecule has 0 unspecified atom stereocenters. The summed E-state index contributed by atoms with van der Waals surface area (Å²) >= 11 is 3.88. The molecule has 0 bridgehead atoms. The third-order valence-corrected chi connectivity index (χ3v) is 9.20. The van der Waals surface area contributed by atoms with Crippen LogP contribution in [0.25, 0.3) is 53.6 Å². The van der Waals surface area contributed by atoms with E-state index in [0.717, 1.165) is 0 Å². The zero-order chi connectivity index (χ0) is 20.8. The third kappa shape index (κ3) is 2.02. The first kappa shape index (κ1) is 17.1. The number of fused-ring (bicyclic) bond motifs is 10. The second kappa shape index (κ2) is 6.07. The average molecular weight is 441 g/mol. The Bertz CT molecular complexity index is 1640. The summed E-state index contributed by atoms with van der Waals surface area (Å²) in [5.74, 6) is 0. The number of hydrogen-bond donors (Lipinski definition) is 0. The van der Waals surface area contributed by atoms with Crippen molar-refractivity contribution in [3.05, 3.63) is 118 Å². The number of rotatable bonds is 0. The zero-order valence-electron chi connectivity index (χ0n) is 17.1. The fourth-order valence-electron chi connectivity index (χ4n) is 5.56. The minimum Gasteiger partial charge on any atom is -0.134 e. The van der Waals surface area contributed by atoms with Gasteiger partial charge in [-0.15, -0.1) is 22.7 Å². The molecule has 2 aliphatic rings. The molecule has 32 heavy (non-hydrogen) atoms. The van der Waals surface area contributed by atoms with Gasteiger partial charge in [0.1, 0.15) is 0 Å². The maximum absolute atomic E-state index is 2.31. The monoisotopic (exact) mass is 440 g/mol. The van der Waals surface area contributed by atoms with E-state index in [0.29, 0.717) is 0 Å². The zero-order valence-corrected chi connectivity index (χ0v) is 18.7. The summed E-state index contributed by atoms with van der Waals surface area (Å²) in [7, 11) is 0. The van der Waals surface area contributed by atoms with Crippen molar-refractivity contribution < 1.29 is 0 Å². The highest BCUT2D eigenvalue weighted by Crippen LogP contribution is 2.60. The highest BCUT2D eigenvalue weighted by Gasteiger charge is 2.36. The predicted octanol–water partition coefficient (Wildman–Crippen LogP) is 9.08. The Hall–Kier alpha value is -3.46. The molecule has 2 aromatic heterocycles. The van der Waals surface area contributed by atoms with Gasteiger partial charge in [-0.1, -0.05) is 84.9 Å². The quantitative estimate of drug-likeness (QED) is 0.221. The minimum absolute atomic E-state index is 1.37. The standard InChI is InChI=1S/C30H16S2/c1-3-11-19-17(9-1)25-21-13-5-7-15-23(21)31-29(25)27(19)28-20-12-4-2-10-18(20)26-22-14-6-8-16-24(22)32-30(26)28/h1-16H. The summed E-state index contributed by atoms with van der Waals surface area (Å²) in [5, 5.41) is 2.75. The Labute approximate surface area is 193 Å². The minimum atomic E-state index is 1.37. The molecule has 8 rings (SSSR count). The van der Waals surface area contributed by atoms with Gasteiger partial charge in [-0.05, 0) is 34.4 Å². The van der Waals surface area contributed by atoms with Gasteiger partial charge in [-0.2, -0.15) is 0 Å². The lowest BCUT2D eigenvalue weighted by atomic mass is 9.97. The van der Waals surface area contributed by atoms with Crippen LogP contribution in [0.2, 0.25) is 0 Å². The molecule has 0 saturated carbocycles. The summed E-state index contributed by atoms with van der Waals surface area (Å²) in [6, 6.07) is 35.7. The van der Waals surface area contributed by atoms with E-state index in [9.17, 15) is 0 Å². The summed E-state index contributed by atoms with van der Waals surface area (Å²) in [5.41, 5.74) is 11.1. The third-order valence-electron chi connectivity index (χ3n) is 6.83. The topological polar surface area (TPSA) is 0 Å². The van der Waals surface area contributed by atoms with Gasteiger partial charge < -0.3 is 0 Å². The van der Waals surface area contributed by atoms with Crippen LogP contribution in [0.5, 0.6) is 0 Å². The van der Waals surface area contributed by atoms with Gasteiger partial charge in [-0.3, -0.25) is 0 Å². The lowest BCUT2D eigenvalue weighted by molar-refractivity contribution is 1.64. The van der Waals surface area contributed by atoms with Crippen LogP contribution in [0.15, 0.2) is 97.1 Å². The fourth-order valence-corrected chi connectivity index (χ4v) is 8.12. The molecule has 2 aliphatic carbocycles. The molecule has 0 N–H and O–H groups in total. The largest absolute Gasteiger partial charge is 0.134 e. The van der Waals surface area contributed by atoms with Crippen LogP contribution in [0.3, 0.4) is 0 Å². The van der Waals surface area contributed by atoms with Crippen molar-refractivity contribution in [3.63, 3.8) is 0 Å². The molecule has 2 heterocycles. The summed E-state index contributed by atoms with van der Waals surface area (Å²) in [6.07, 6.45) is 0. The van der Waals surface area contributed by atoms with Gasteiger partial charge in [0.05, 0.1) is 0 Å². The normalized spacial score (nSPS) is 15.8. The van der Waals surface area contributed by atoms with E-state index < -0.39 is 0 Å². The molecule has 0 amide bonds. The molecular weight excluding hydrogens is 424 g/mol. The van der Waals surface area contributed by atoms with Gasteiger partial charge in [-0.25, -0.2) is 0 Å². The molecule has 148 valence electrons. The molecule has 0 radical (unpaired) electrons. The SMILES string of the molecule is c1ccc2c(c1)C(=C1c3ccccc3-c3c1sc1ccccc31)c1sc3ccccc3c1-2. The van der Waals surface area contributed by atoms with E-state index in [1.54, 1.807) is 0 Å². The van der Waals surface area contributed by atoms with Crippen molar-refractivity contribution in [1.82, 2.24) is 0 Å². The average Bonchev–Trinajstić information content (AvgIpc) is 3.55. The molecule has 0 atom stereocenters. The Morgan fingerprint density at radius 2 is 0.750 bits per heavy atom.